The number of aryl methyl sites for hydroxylation is 1. The summed E-state index contributed by atoms with van der Waals surface area (Å²) in [4.78, 5) is 13.3. The molecule has 0 fully saturated rings. The highest BCUT2D eigenvalue weighted by atomic mass is 35.5. The van der Waals surface area contributed by atoms with Crippen molar-refractivity contribution >= 4 is 11.6 Å². The van der Waals surface area contributed by atoms with E-state index in [-0.39, 0.29) is 30.2 Å². The van der Waals surface area contributed by atoms with E-state index in [1.165, 1.54) is 0 Å². The van der Waals surface area contributed by atoms with E-state index in [2.05, 4.69) is 6.07 Å². The standard InChI is InChI=1S/C20H20ClN3O3/c1-2-4-14-10-16-18(20(26)24(14)7-8-25)17(15(11-22)19(23)27-16)12-5-3-6-13(21)9-12/h3,5-6,9-10,17,25H,2,4,7-8,23H2,1H3. The van der Waals surface area contributed by atoms with Crippen LogP contribution in [0.5, 0.6) is 5.75 Å². The first-order chi connectivity index (χ1) is 13.0. The van der Waals surface area contributed by atoms with Crippen molar-refractivity contribution < 1.29 is 9.84 Å². The fraction of sp³-hybridized carbons (Fsp3) is 0.300. The number of aliphatic hydroxyl groups is 1. The molecule has 0 aliphatic carbocycles. The predicted molar refractivity (Wildman–Crippen MR) is 103 cm³/mol. The molecule has 0 radical (unpaired) electrons. The first-order valence-corrected chi connectivity index (χ1v) is 9.10. The molecule has 1 unspecified atom stereocenters. The molecule has 3 N–H and O–H groups in total. The van der Waals surface area contributed by atoms with Crippen LogP contribution in [0.4, 0.5) is 0 Å². The van der Waals surface area contributed by atoms with Crippen LogP contribution in [0.3, 0.4) is 0 Å². The van der Waals surface area contributed by atoms with Crippen molar-refractivity contribution in [1.82, 2.24) is 4.57 Å². The van der Waals surface area contributed by atoms with Gasteiger partial charge in [0.1, 0.15) is 17.4 Å². The summed E-state index contributed by atoms with van der Waals surface area (Å²) in [5.41, 5.74) is 7.64. The van der Waals surface area contributed by atoms with E-state index < -0.39 is 5.92 Å². The monoisotopic (exact) mass is 385 g/mol. The summed E-state index contributed by atoms with van der Waals surface area (Å²) >= 11 is 6.13. The lowest BCUT2D eigenvalue weighted by atomic mass is 9.84. The van der Waals surface area contributed by atoms with Gasteiger partial charge in [0.2, 0.25) is 5.88 Å². The molecule has 0 spiro atoms. The molecule has 3 rings (SSSR count). The molecule has 0 amide bonds. The van der Waals surface area contributed by atoms with Crippen LogP contribution in [-0.2, 0) is 13.0 Å². The van der Waals surface area contributed by atoms with Gasteiger partial charge in [-0.3, -0.25) is 4.79 Å². The minimum absolute atomic E-state index is 0.0169. The van der Waals surface area contributed by atoms with Crippen LogP contribution in [0.15, 0.2) is 46.6 Å². The Morgan fingerprint density at radius 3 is 2.81 bits per heavy atom. The highest BCUT2D eigenvalue weighted by Crippen LogP contribution is 2.41. The van der Waals surface area contributed by atoms with Crippen LogP contribution >= 0.6 is 11.6 Å². The second kappa shape index (κ2) is 7.87. The van der Waals surface area contributed by atoms with E-state index in [0.717, 1.165) is 12.1 Å². The summed E-state index contributed by atoms with van der Waals surface area (Å²) in [6.07, 6.45) is 1.48. The van der Waals surface area contributed by atoms with E-state index in [1.807, 2.05) is 6.92 Å². The number of benzene rings is 1. The summed E-state index contributed by atoms with van der Waals surface area (Å²) in [6, 6.07) is 10.8. The van der Waals surface area contributed by atoms with Gasteiger partial charge in [0.25, 0.3) is 5.56 Å². The number of aromatic nitrogens is 1. The molecule has 2 aromatic rings. The number of allylic oxidation sites excluding steroid dienone is 1. The van der Waals surface area contributed by atoms with E-state index in [4.69, 9.17) is 22.1 Å². The average Bonchev–Trinajstić information content (AvgIpc) is 2.64. The van der Waals surface area contributed by atoms with Gasteiger partial charge in [0.15, 0.2) is 0 Å². The van der Waals surface area contributed by atoms with Gasteiger partial charge in [-0.2, -0.15) is 5.26 Å². The number of rotatable bonds is 5. The maximum absolute atomic E-state index is 13.3. The highest BCUT2D eigenvalue weighted by Gasteiger charge is 2.34. The normalized spacial score (nSPS) is 15.9. The lowest BCUT2D eigenvalue weighted by Gasteiger charge is -2.27. The van der Waals surface area contributed by atoms with Crippen molar-refractivity contribution in [1.29, 1.82) is 5.26 Å². The maximum Gasteiger partial charge on any atom is 0.258 e. The summed E-state index contributed by atoms with van der Waals surface area (Å²) < 4.78 is 7.19. The molecule has 1 aromatic heterocycles. The van der Waals surface area contributed by atoms with Crippen LogP contribution in [0.25, 0.3) is 0 Å². The number of nitrogens with zero attached hydrogens (tertiary/aromatic N) is 2. The van der Waals surface area contributed by atoms with E-state index >= 15 is 0 Å². The molecular weight excluding hydrogens is 366 g/mol. The second-order valence-electron chi connectivity index (χ2n) is 6.32. The maximum atomic E-state index is 13.3. The number of hydrogen-bond acceptors (Lipinski definition) is 5. The first kappa shape index (κ1) is 19.0. The Bertz CT molecular complexity index is 1000. The molecule has 6 nitrogen and oxygen atoms in total. The van der Waals surface area contributed by atoms with Gasteiger partial charge in [-0.1, -0.05) is 37.1 Å². The summed E-state index contributed by atoms with van der Waals surface area (Å²) in [5.74, 6) is -0.346. The molecule has 1 aliphatic rings. The minimum atomic E-state index is -0.675. The number of aliphatic hydroxyl groups excluding tert-OH is 1. The third kappa shape index (κ3) is 3.44. The number of ether oxygens (including phenoxy) is 1. The number of hydrogen-bond donors (Lipinski definition) is 2. The molecule has 7 heteroatoms. The van der Waals surface area contributed by atoms with Crippen molar-refractivity contribution in [2.24, 2.45) is 5.73 Å². The summed E-state index contributed by atoms with van der Waals surface area (Å²) in [5, 5.41) is 19.5. The third-order valence-electron chi connectivity index (χ3n) is 4.58. The minimum Gasteiger partial charge on any atom is -0.440 e. The number of nitriles is 1. The van der Waals surface area contributed by atoms with Gasteiger partial charge >= 0.3 is 0 Å². The molecule has 1 aromatic carbocycles. The van der Waals surface area contributed by atoms with Crippen molar-refractivity contribution in [3.63, 3.8) is 0 Å². The number of fused-ring (bicyclic) bond motifs is 1. The fourth-order valence-electron chi connectivity index (χ4n) is 3.45. The van der Waals surface area contributed by atoms with Gasteiger partial charge in [-0.05, 0) is 24.1 Å². The van der Waals surface area contributed by atoms with Crippen molar-refractivity contribution in [2.45, 2.75) is 32.2 Å². The van der Waals surface area contributed by atoms with Crippen molar-refractivity contribution in [3.8, 4) is 11.8 Å². The Hall–Kier alpha value is -2.75. The second-order valence-corrected chi connectivity index (χ2v) is 6.76. The molecular formula is C20H20ClN3O3. The molecule has 0 saturated carbocycles. The topological polar surface area (TPSA) is 101 Å². The van der Waals surface area contributed by atoms with Gasteiger partial charge in [-0.25, -0.2) is 0 Å². The first-order valence-electron chi connectivity index (χ1n) is 8.72. The molecule has 1 aliphatic heterocycles. The zero-order chi connectivity index (χ0) is 19.6. The third-order valence-corrected chi connectivity index (χ3v) is 4.82. The number of pyridine rings is 1. The Balaban J connectivity index is 2.31. The highest BCUT2D eigenvalue weighted by molar-refractivity contribution is 6.30. The Morgan fingerprint density at radius 1 is 1.41 bits per heavy atom. The Morgan fingerprint density at radius 2 is 2.19 bits per heavy atom. The zero-order valence-electron chi connectivity index (χ0n) is 14.9. The van der Waals surface area contributed by atoms with Crippen LogP contribution in [-0.4, -0.2) is 16.3 Å². The van der Waals surface area contributed by atoms with E-state index in [1.54, 1.807) is 34.9 Å². The van der Waals surface area contributed by atoms with Crippen LogP contribution in [0.2, 0.25) is 5.02 Å². The summed E-state index contributed by atoms with van der Waals surface area (Å²) in [7, 11) is 0. The molecule has 0 bridgehead atoms. The SMILES string of the molecule is CCCc1cc2c(c(=O)n1CCO)C(c1cccc(Cl)c1)C(C#N)=C(N)O2. The van der Waals surface area contributed by atoms with E-state index in [0.29, 0.717) is 28.3 Å². The van der Waals surface area contributed by atoms with Crippen LogP contribution < -0.4 is 16.0 Å². The average molecular weight is 386 g/mol. The Labute approximate surface area is 162 Å². The van der Waals surface area contributed by atoms with Gasteiger partial charge in [0.05, 0.1) is 18.1 Å². The van der Waals surface area contributed by atoms with Crippen LogP contribution in [0, 0.1) is 11.3 Å². The van der Waals surface area contributed by atoms with Gasteiger partial charge in [-0.15, -0.1) is 0 Å². The van der Waals surface area contributed by atoms with Gasteiger partial charge < -0.3 is 20.1 Å². The largest absolute Gasteiger partial charge is 0.440 e. The predicted octanol–water partition coefficient (Wildman–Crippen LogP) is 2.66. The fourth-order valence-corrected chi connectivity index (χ4v) is 3.64. The zero-order valence-corrected chi connectivity index (χ0v) is 15.7. The molecule has 140 valence electrons. The summed E-state index contributed by atoms with van der Waals surface area (Å²) in [6.45, 7) is 2.01. The van der Waals surface area contributed by atoms with Gasteiger partial charge in [0, 0.05) is 23.3 Å². The lowest BCUT2D eigenvalue weighted by Crippen LogP contribution is -2.34. The van der Waals surface area contributed by atoms with Crippen molar-refractivity contribution in [2.75, 3.05) is 6.61 Å². The van der Waals surface area contributed by atoms with Crippen molar-refractivity contribution in [3.05, 3.63) is 74.0 Å². The van der Waals surface area contributed by atoms with E-state index in [9.17, 15) is 15.2 Å². The number of halogens is 1. The molecule has 0 saturated heterocycles. The lowest BCUT2D eigenvalue weighted by molar-refractivity contribution is 0.271. The smallest absolute Gasteiger partial charge is 0.258 e. The Kier molecular flexibility index (Phi) is 5.54. The van der Waals surface area contributed by atoms with Crippen LogP contribution in [0.1, 0.15) is 36.1 Å². The molecule has 2 heterocycles. The molecule has 27 heavy (non-hydrogen) atoms. The number of nitrogens with two attached hydrogens (primary N) is 1. The molecule has 1 atom stereocenters. The quantitative estimate of drug-likeness (QED) is 0.823.